The fraction of sp³-hybridized carbons (Fsp3) is 0.0556. The summed E-state index contributed by atoms with van der Waals surface area (Å²) in [5, 5.41) is 2.91. The van der Waals surface area contributed by atoms with E-state index in [4.69, 9.17) is 6.57 Å². The van der Waals surface area contributed by atoms with Crippen molar-refractivity contribution < 1.29 is 4.79 Å². The number of benzene rings is 1. The Morgan fingerprint density at radius 3 is 2.71 bits per heavy atom. The highest BCUT2D eigenvalue weighted by Crippen LogP contribution is 2.29. The number of nitrogens with one attached hydrogen (secondary N) is 1. The van der Waals surface area contributed by atoms with Crippen molar-refractivity contribution in [2.24, 2.45) is 0 Å². The number of hydrogen-bond donors (Lipinski definition) is 1. The third-order valence-corrected chi connectivity index (χ3v) is 4.41. The molecule has 0 fully saturated rings. The summed E-state index contributed by atoms with van der Waals surface area (Å²) < 4.78 is 2.64. The van der Waals surface area contributed by atoms with E-state index < -0.39 is 0 Å². The quantitative estimate of drug-likeness (QED) is 0.501. The molecule has 0 unspecified atom stereocenters. The second kappa shape index (κ2) is 5.62. The van der Waals surface area contributed by atoms with Gasteiger partial charge in [-0.3, -0.25) is 4.79 Å². The van der Waals surface area contributed by atoms with Gasteiger partial charge in [-0.25, -0.2) is 9.83 Å². The van der Waals surface area contributed by atoms with Crippen molar-refractivity contribution in [3.05, 3.63) is 76.1 Å². The molecule has 0 aliphatic carbocycles. The lowest BCUT2D eigenvalue weighted by atomic mass is 10.1. The van der Waals surface area contributed by atoms with E-state index in [0.29, 0.717) is 17.9 Å². The van der Waals surface area contributed by atoms with Crippen molar-refractivity contribution in [2.75, 3.05) is 5.32 Å². The monoisotopic (exact) mass is 378 g/mol. The molecule has 0 spiro atoms. The van der Waals surface area contributed by atoms with Gasteiger partial charge in [0.2, 0.25) is 0 Å². The Morgan fingerprint density at radius 2 is 1.96 bits per heavy atom. The molecule has 0 bridgehead atoms. The molecular weight excluding hydrogens is 368 g/mol. The maximum absolute atomic E-state index is 12.5. The summed E-state index contributed by atoms with van der Waals surface area (Å²) in [7, 11) is 0. The van der Waals surface area contributed by atoms with Gasteiger partial charge in [0, 0.05) is 11.8 Å². The third-order valence-electron chi connectivity index (χ3n) is 3.97. The molecule has 4 rings (SSSR count). The molecule has 1 aromatic carbocycles. The van der Waals surface area contributed by atoms with E-state index in [1.807, 2.05) is 41.1 Å². The number of nitrogens with zero attached hydrogens (tertiary/aromatic N) is 3. The van der Waals surface area contributed by atoms with Crippen molar-refractivity contribution in [1.29, 1.82) is 0 Å². The van der Waals surface area contributed by atoms with E-state index in [9.17, 15) is 4.79 Å². The Balaban J connectivity index is 1.77. The molecule has 24 heavy (non-hydrogen) atoms. The zero-order chi connectivity index (χ0) is 16.7. The lowest BCUT2D eigenvalue weighted by molar-refractivity contribution is 0.102. The zero-order valence-electron chi connectivity index (χ0n) is 12.5. The van der Waals surface area contributed by atoms with Gasteiger partial charge in [-0.05, 0) is 39.7 Å². The van der Waals surface area contributed by atoms with Crippen LogP contribution in [0.3, 0.4) is 0 Å². The largest absolute Gasteiger partial charge is 0.337 e. The van der Waals surface area contributed by atoms with Crippen LogP contribution in [0, 0.1) is 6.57 Å². The molecule has 116 valence electrons. The fourth-order valence-corrected chi connectivity index (χ4v) is 3.12. The number of anilines is 1. The van der Waals surface area contributed by atoms with Crippen molar-refractivity contribution >= 4 is 33.2 Å². The van der Waals surface area contributed by atoms with E-state index in [-0.39, 0.29) is 5.91 Å². The first-order valence-corrected chi connectivity index (χ1v) is 8.08. The minimum atomic E-state index is -0.151. The molecule has 2 aromatic heterocycles. The van der Waals surface area contributed by atoms with Gasteiger partial charge in [0.05, 0.1) is 24.5 Å². The first-order chi connectivity index (χ1) is 11.6. The molecular formula is C18H11BrN4O. The maximum atomic E-state index is 12.5. The molecule has 3 heterocycles. The fourth-order valence-electron chi connectivity index (χ4n) is 2.77. The van der Waals surface area contributed by atoms with Gasteiger partial charge in [-0.2, -0.15) is 0 Å². The van der Waals surface area contributed by atoms with Gasteiger partial charge >= 0.3 is 0 Å². The van der Waals surface area contributed by atoms with Crippen LogP contribution in [0.25, 0.3) is 16.0 Å². The summed E-state index contributed by atoms with van der Waals surface area (Å²) >= 11 is 3.37. The van der Waals surface area contributed by atoms with Crippen LogP contribution < -0.4 is 5.32 Å². The molecule has 0 saturated carbocycles. The molecule has 1 N–H and O–H groups in total. The summed E-state index contributed by atoms with van der Waals surface area (Å²) in [6.45, 7) is 7.54. The molecule has 0 radical (unpaired) electrons. The van der Waals surface area contributed by atoms with Crippen LogP contribution in [-0.2, 0) is 6.54 Å². The summed E-state index contributed by atoms with van der Waals surface area (Å²) in [6, 6.07) is 12.9. The molecule has 0 saturated heterocycles. The highest BCUT2D eigenvalue weighted by Gasteiger charge is 2.21. The Hall–Kier alpha value is -2.91. The van der Waals surface area contributed by atoms with Gasteiger partial charge in [0.1, 0.15) is 10.3 Å². The molecule has 6 heteroatoms. The van der Waals surface area contributed by atoms with Crippen molar-refractivity contribution in [2.45, 2.75) is 6.54 Å². The number of rotatable bonds is 1. The van der Waals surface area contributed by atoms with E-state index >= 15 is 0 Å². The average Bonchev–Trinajstić information content (AvgIpc) is 2.96. The minimum absolute atomic E-state index is 0.151. The van der Waals surface area contributed by atoms with Gasteiger partial charge in [-0.1, -0.05) is 24.3 Å². The van der Waals surface area contributed by atoms with Crippen molar-refractivity contribution in [3.8, 4) is 11.1 Å². The van der Waals surface area contributed by atoms with E-state index in [1.54, 1.807) is 12.1 Å². The standard InChI is InChI=1S/C18H11BrN4O/c1-20-13-4-2-11(3-5-13)12-8-16-18(24)22-14-6-7-17(19)21-15(14)10-23(16)9-12/h2-9H,10H2,(H,22,24). The van der Waals surface area contributed by atoms with Crippen LogP contribution in [0.15, 0.2) is 53.3 Å². The average molecular weight is 379 g/mol. The Morgan fingerprint density at radius 1 is 1.17 bits per heavy atom. The van der Waals surface area contributed by atoms with Crippen LogP contribution >= 0.6 is 15.9 Å². The molecule has 1 amide bonds. The van der Waals surface area contributed by atoms with Crippen LogP contribution in [-0.4, -0.2) is 15.5 Å². The number of carbonyl (C=O) groups is 1. The summed E-state index contributed by atoms with van der Waals surface area (Å²) in [5.41, 5.74) is 4.64. The van der Waals surface area contributed by atoms with Crippen LogP contribution in [0.1, 0.15) is 16.2 Å². The number of aromatic nitrogens is 2. The highest BCUT2D eigenvalue weighted by atomic mass is 79.9. The molecule has 5 nitrogen and oxygen atoms in total. The Kier molecular flexibility index (Phi) is 3.44. The SMILES string of the molecule is [C-]#[N+]c1ccc(-c2cc3n(c2)Cc2nc(Br)ccc2NC3=O)cc1. The third kappa shape index (κ3) is 2.49. The topological polar surface area (TPSA) is 51.3 Å². The van der Waals surface area contributed by atoms with Gasteiger partial charge in [-0.15, -0.1) is 0 Å². The first-order valence-electron chi connectivity index (χ1n) is 7.29. The lowest BCUT2D eigenvalue weighted by Crippen LogP contribution is -2.12. The summed E-state index contributed by atoms with van der Waals surface area (Å²) in [6.07, 6.45) is 1.94. The normalized spacial score (nSPS) is 12.6. The Labute approximate surface area is 146 Å². The highest BCUT2D eigenvalue weighted by molar-refractivity contribution is 9.10. The number of pyridine rings is 1. The Bertz CT molecular complexity index is 999. The van der Waals surface area contributed by atoms with E-state index in [0.717, 1.165) is 27.1 Å². The predicted molar refractivity (Wildman–Crippen MR) is 95.1 cm³/mol. The maximum Gasteiger partial charge on any atom is 0.272 e. The van der Waals surface area contributed by atoms with E-state index in [2.05, 4.69) is 31.1 Å². The zero-order valence-corrected chi connectivity index (χ0v) is 14.0. The second-order valence-electron chi connectivity index (χ2n) is 5.48. The second-order valence-corrected chi connectivity index (χ2v) is 6.30. The van der Waals surface area contributed by atoms with Crippen molar-refractivity contribution in [1.82, 2.24) is 9.55 Å². The van der Waals surface area contributed by atoms with Crippen LogP contribution in [0.2, 0.25) is 0 Å². The number of carbonyl (C=O) groups excluding carboxylic acids is 1. The van der Waals surface area contributed by atoms with Gasteiger partial charge in [0.25, 0.3) is 5.91 Å². The molecule has 1 aliphatic rings. The van der Waals surface area contributed by atoms with E-state index in [1.165, 1.54) is 0 Å². The summed E-state index contributed by atoms with van der Waals surface area (Å²) in [4.78, 5) is 20.3. The lowest BCUT2D eigenvalue weighted by Gasteiger charge is -2.06. The predicted octanol–water partition coefficient (Wildman–Crippen LogP) is 4.48. The molecule has 0 atom stereocenters. The summed E-state index contributed by atoms with van der Waals surface area (Å²) in [5.74, 6) is -0.151. The van der Waals surface area contributed by atoms with Crippen molar-refractivity contribution in [3.63, 3.8) is 0 Å². The number of halogens is 1. The molecule has 3 aromatic rings. The van der Waals surface area contributed by atoms with Gasteiger partial charge < -0.3 is 9.88 Å². The number of hydrogen-bond acceptors (Lipinski definition) is 2. The van der Waals surface area contributed by atoms with Crippen LogP contribution in [0.4, 0.5) is 11.4 Å². The van der Waals surface area contributed by atoms with Crippen LogP contribution in [0.5, 0.6) is 0 Å². The molecule has 1 aliphatic heterocycles. The number of amides is 1. The van der Waals surface area contributed by atoms with Gasteiger partial charge in [0.15, 0.2) is 5.69 Å². The minimum Gasteiger partial charge on any atom is -0.337 e. The number of fused-ring (bicyclic) bond motifs is 2. The first kappa shape index (κ1) is 14.7. The smallest absolute Gasteiger partial charge is 0.272 e.